The maximum atomic E-state index is 6.35. The topological polar surface area (TPSA) is 12.0 Å². The smallest absolute Gasteiger partial charge is 0.0449 e. The van der Waals surface area contributed by atoms with E-state index in [-0.39, 0.29) is 6.04 Å². The van der Waals surface area contributed by atoms with Gasteiger partial charge < -0.3 is 5.32 Å². The highest BCUT2D eigenvalue weighted by Crippen LogP contribution is 2.29. The lowest BCUT2D eigenvalue weighted by atomic mass is 9.95. The Morgan fingerprint density at radius 3 is 2.57 bits per heavy atom. The SMILES string of the molecule is CCNC(Cc1ccc(Br)cc1Cl)c1cccc(Cl)c1C. The van der Waals surface area contributed by atoms with Gasteiger partial charge in [-0.1, -0.05) is 64.3 Å². The number of likely N-dealkylation sites (N-methyl/N-ethyl adjacent to an activating group) is 1. The highest BCUT2D eigenvalue weighted by molar-refractivity contribution is 9.10. The van der Waals surface area contributed by atoms with Gasteiger partial charge >= 0.3 is 0 Å². The summed E-state index contributed by atoms with van der Waals surface area (Å²) in [5, 5.41) is 5.12. The molecule has 0 aliphatic carbocycles. The Kier molecular flexibility index (Phi) is 6.12. The van der Waals surface area contributed by atoms with E-state index >= 15 is 0 Å². The molecule has 0 saturated heterocycles. The number of rotatable bonds is 5. The van der Waals surface area contributed by atoms with Crippen molar-refractivity contribution in [3.63, 3.8) is 0 Å². The molecule has 1 nitrogen and oxygen atoms in total. The number of benzene rings is 2. The first-order valence-electron chi connectivity index (χ1n) is 6.95. The van der Waals surface area contributed by atoms with Gasteiger partial charge in [-0.15, -0.1) is 0 Å². The first-order chi connectivity index (χ1) is 10.0. The molecule has 2 aromatic carbocycles. The average molecular weight is 387 g/mol. The molecule has 0 bridgehead atoms. The molecule has 1 N–H and O–H groups in total. The molecule has 0 aliphatic heterocycles. The fourth-order valence-electron chi connectivity index (χ4n) is 2.45. The third kappa shape index (κ3) is 4.23. The van der Waals surface area contributed by atoms with Gasteiger partial charge in [0.1, 0.15) is 0 Å². The lowest BCUT2D eigenvalue weighted by Gasteiger charge is -2.21. The molecule has 0 amide bonds. The molecule has 2 rings (SSSR count). The highest BCUT2D eigenvalue weighted by Gasteiger charge is 2.16. The monoisotopic (exact) mass is 385 g/mol. The zero-order chi connectivity index (χ0) is 15.4. The first-order valence-corrected chi connectivity index (χ1v) is 8.50. The first kappa shape index (κ1) is 16.8. The van der Waals surface area contributed by atoms with Gasteiger partial charge in [0.25, 0.3) is 0 Å². The van der Waals surface area contributed by atoms with Crippen LogP contribution in [0.15, 0.2) is 40.9 Å². The molecule has 2 aromatic rings. The lowest BCUT2D eigenvalue weighted by molar-refractivity contribution is 0.547. The number of nitrogens with one attached hydrogen (secondary N) is 1. The second-order valence-electron chi connectivity index (χ2n) is 5.00. The minimum absolute atomic E-state index is 0.201. The molecule has 0 heterocycles. The van der Waals surface area contributed by atoms with E-state index in [0.29, 0.717) is 0 Å². The number of halogens is 3. The van der Waals surface area contributed by atoms with Crippen LogP contribution in [0.3, 0.4) is 0 Å². The van der Waals surface area contributed by atoms with Crippen molar-refractivity contribution < 1.29 is 0 Å². The van der Waals surface area contributed by atoms with Crippen LogP contribution >= 0.6 is 39.1 Å². The summed E-state index contributed by atoms with van der Waals surface area (Å²) in [6, 6.07) is 12.3. The van der Waals surface area contributed by atoms with E-state index in [4.69, 9.17) is 23.2 Å². The van der Waals surface area contributed by atoms with E-state index in [2.05, 4.69) is 47.2 Å². The summed E-state index contributed by atoms with van der Waals surface area (Å²) in [7, 11) is 0. The predicted molar refractivity (Wildman–Crippen MR) is 95.5 cm³/mol. The van der Waals surface area contributed by atoms with Crippen LogP contribution in [0.5, 0.6) is 0 Å². The fraction of sp³-hybridized carbons (Fsp3) is 0.294. The van der Waals surface area contributed by atoms with Gasteiger partial charge in [0, 0.05) is 20.6 Å². The summed E-state index contributed by atoms with van der Waals surface area (Å²) >= 11 is 16.0. The Bertz CT molecular complexity index is 628. The lowest BCUT2D eigenvalue weighted by Crippen LogP contribution is -2.24. The van der Waals surface area contributed by atoms with Crippen molar-refractivity contribution in [3.05, 3.63) is 67.6 Å². The Hall–Kier alpha value is -0.540. The van der Waals surface area contributed by atoms with Crippen molar-refractivity contribution in [1.82, 2.24) is 5.32 Å². The molecule has 21 heavy (non-hydrogen) atoms. The van der Waals surface area contributed by atoms with Crippen molar-refractivity contribution in [1.29, 1.82) is 0 Å². The summed E-state index contributed by atoms with van der Waals surface area (Å²) in [6.07, 6.45) is 0.834. The van der Waals surface area contributed by atoms with Crippen LogP contribution in [0.1, 0.15) is 29.7 Å². The predicted octanol–water partition coefficient (Wildman–Crippen LogP) is 5.96. The third-order valence-electron chi connectivity index (χ3n) is 3.57. The van der Waals surface area contributed by atoms with Crippen LogP contribution in [0.4, 0.5) is 0 Å². The molecule has 0 saturated carbocycles. The van der Waals surface area contributed by atoms with Crippen LogP contribution in [0.2, 0.25) is 10.0 Å². The van der Waals surface area contributed by atoms with Gasteiger partial charge in [0.05, 0.1) is 0 Å². The largest absolute Gasteiger partial charge is 0.310 e. The van der Waals surface area contributed by atoms with Crippen LogP contribution in [0, 0.1) is 6.92 Å². The molecule has 0 radical (unpaired) electrons. The number of hydrogen-bond acceptors (Lipinski definition) is 1. The molecule has 1 unspecified atom stereocenters. The molecular formula is C17H18BrCl2N. The number of hydrogen-bond donors (Lipinski definition) is 1. The highest BCUT2D eigenvalue weighted by atomic mass is 79.9. The average Bonchev–Trinajstić information content (AvgIpc) is 2.44. The summed E-state index contributed by atoms with van der Waals surface area (Å²) in [5.74, 6) is 0. The Labute approximate surface area is 144 Å². The minimum atomic E-state index is 0.201. The second-order valence-corrected chi connectivity index (χ2v) is 6.73. The summed E-state index contributed by atoms with van der Waals surface area (Å²) in [5.41, 5.74) is 3.48. The maximum absolute atomic E-state index is 6.35. The molecule has 4 heteroatoms. The van der Waals surface area contributed by atoms with Crippen LogP contribution in [-0.2, 0) is 6.42 Å². The Balaban J connectivity index is 2.33. The normalized spacial score (nSPS) is 12.4. The van der Waals surface area contributed by atoms with E-state index < -0.39 is 0 Å². The Morgan fingerprint density at radius 2 is 1.90 bits per heavy atom. The van der Waals surface area contributed by atoms with Crippen LogP contribution in [-0.4, -0.2) is 6.54 Å². The van der Waals surface area contributed by atoms with Crippen molar-refractivity contribution >= 4 is 39.1 Å². The van der Waals surface area contributed by atoms with E-state index in [9.17, 15) is 0 Å². The van der Waals surface area contributed by atoms with Gasteiger partial charge in [-0.2, -0.15) is 0 Å². The van der Waals surface area contributed by atoms with Gasteiger partial charge in [0.15, 0.2) is 0 Å². The van der Waals surface area contributed by atoms with Gasteiger partial charge in [-0.05, 0) is 54.8 Å². The quantitative estimate of drug-likeness (QED) is 0.668. The summed E-state index contributed by atoms with van der Waals surface area (Å²) in [4.78, 5) is 0. The van der Waals surface area contributed by atoms with Crippen LogP contribution in [0.25, 0.3) is 0 Å². The Morgan fingerprint density at radius 1 is 1.14 bits per heavy atom. The van der Waals surface area contributed by atoms with E-state index in [1.165, 1.54) is 5.56 Å². The van der Waals surface area contributed by atoms with E-state index in [1.54, 1.807) is 0 Å². The fourth-order valence-corrected chi connectivity index (χ4v) is 3.38. The van der Waals surface area contributed by atoms with E-state index in [1.807, 2.05) is 24.3 Å². The zero-order valence-corrected chi connectivity index (χ0v) is 15.2. The molecule has 112 valence electrons. The minimum Gasteiger partial charge on any atom is -0.310 e. The second kappa shape index (κ2) is 7.64. The third-order valence-corrected chi connectivity index (χ3v) is 4.83. The van der Waals surface area contributed by atoms with Crippen molar-refractivity contribution in [2.75, 3.05) is 6.54 Å². The van der Waals surface area contributed by atoms with Crippen molar-refractivity contribution in [3.8, 4) is 0 Å². The molecular weight excluding hydrogens is 369 g/mol. The van der Waals surface area contributed by atoms with Gasteiger partial charge in [0.2, 0.25) is 0 Å². The molecule has 0 spiro atoms. The molecule has 0 fully saturated rings. The van der Waals surface area contributed by atoms with E-state index in [0.717, 1.165) is 38.6 Å². The maximum Gasteiger partial charge on any atom is 0.0449 e. The van der Waals surface area contributed by atoms with Crippen molar-refractivity contribution in [2.45, 2.75) is 26.3 Å². The van der Waals surface area contributed by atoms with Gasteiger partial charge in [-0.25, -0.2) is 0 Å². The molecule has 0 aromatic heterocycles. The standard InChI is InChI=1S/C17H18BrCl2N/c1-3-21-17(14-5-4-6-15(19)11(14)2)9-12-7-8-13(18)10-16(12)20/h4-8,10,17,21H,3,9H2,1-2H3. The molecule has 1 atom stereocenters. The molecule has 0 aliphatic rings. The zero-order valence-electron chi connectivity index (χ0n) is 12.1. The summed E-state index contributed by atoms with van der Waals surface area (Å²) in [6.45, 7) is 5.06. The summed E-state index contributed by atoms with van der Waals surface area (Å²) < 4.78 is 0.996. The van der Waals surface area contributed by atoms with Crippen molar-refractivity contribution in [2.24, 2.45) is 0 Å². The van der Waals surface area contributed by atoms with Crippen LogP contribution < -0.4 is 5.32 Å². The van der Waals surface area contributed by atoms with Gasteiger partial charge in [-0.3, -0.25) is 0 Å².